The number of carbonyl (C=O) groups is 2. The molecule has 10 heteroatoms. The molecule has 1 saturated heterocycles. The summed E-state index contributed by atoms with van der Waals surface area (Å²) in [5.41, 5.74) is 2.90. The van der Waals surface area contributed by atoms with Crippen LogP contribution >= 0.6 is 0 Å². The Morgan fingerprint density at radius 1 is 1.20 bits per heavy atom. The van der Waals surface area contributed by atoms with E-state index in [-0.39, 0.29) is 29.4 Å². The summed E-state index contributed by atoms with van der Waals surface area (Å²) in [5, 5.41) is 4.29. The highest BCUT2D eigenvalue weighted by Crippen LogP contribution is 2.39. The van der Waals surface area contributed by atoms with E-state index < -0.39 is 0 Å². The molecule has 1 aliphatic heterocycles. The van der Waals surface area contributed by atoms with Crippen molar-refractivity contribution in [1.29, 1.82) is 0 Å². The minimum absolute atomic E-state index is 0.183. The molecule has 0 radical (unpaired) electrons. The van der Waals surface area contributed by atoms with Crippen molar-refractivity contribution in [2.24, 2.45) is 5.92 Å². The van der Waals surface area contributed by atoms with Crippen molar-refractivity contribution in [3.05, 3.63) is 65.8 Å². The Kier molecular flexibility index (Phi) is 9.30. The molecular formula is C31H36N4O6. The number of fused-ring (bicyclic) bond motifs is 1. The molecule has 0 saturated carbocycles. The number of carbonyl (C=O) groups excluding carboxylic acids is 2. The maximum absolute atomic E-state index is 13.2. The van der Waals surface area contributed by atoms with Crippen LogP contribution in [0.3, 0.4) is 0 Å². The van der Waals surface area contributed by atoms with Crippen LogP contribution in [0.4, 0.5) is 0 Å². The average molecular weight is 561 g/mol. The standard InChI is InChI=1S/C31H36N4O6/c1-3-23-27-25(39-16-8-14-33-18-21-9-6-13-32-17-21)11-5-12-26(27)41-28(23)29-34-24(20-40-29)30(36)35-15-7-10-22(19-35)31(37)38-4-2/h5-6,9,11-13,17,20,22,33H,3-4,7-8,10,14-16,18-19H2,1-2H3. The molecule has 1 atom stereocenters. The number of amides is 1. The van der Waals surface area contributed by atoms with Gasteiger partial charge < -0.3 is 28.5 Å². The van der Waals surface area contributed by atoms with Crippen molar-refractivity contribution in [2.45, 2.75) is 46.1 Å². The average Bonchev–Trinajstić information content (AvgIpc) is 3.65. The lowest BCUT2D eigenvalue weighted by molar-refractivity contribution is -0.149. The van der Waals surface area contributed by atoms with Crippen LogP contribution in [0.15, 0.2) is 57.8 Å². The van der Waals surface area contributed by atoms with Gasteiger partial charge in [0.2, 0.25) is 0 Å². The summed E-state index contributed by atoms with van der Waals surface area (Å²) >= 11 is 0. The second-order valence-corrected chi connectivity index (χ2v) is 10.0. The van der Waals surface area contributed by atoms with Gasteiger partial charge in [-0.05, 0) is 62.9 Å². The van der Waals surface area contributed by atoms with Gasteiger partial charge in [0.15, 0.2) is 11.5 Å². The molecule has 0 bridgehead atoms. The minimum Gasteiger partial charge on any atom is -0.493 e. The van der Waals surface area contributed by atoms with E-state index in [1.807, 2.05) is 43.5 Å². The van der Waals surface area contributed by atoms with Gasteiger partial charge in [0, 0.05) is 37.6 Å². The van der Waals surface area contributed by atoms with Gasteiger partial charge in [-0.1, -0.05) is 19.1 Å². The van der Waals surface area contributed by atoms with Gasteiger partial charge in [-0.15, -0.1) is 0 Å². The fourth-order valence-corrected chi connectivity index (χ4v) is 5.18. The van der Waals surface area contributed by atoms with E-state index in [2.05, 4.69) is 15.3 Å². The Labute approximate surface area is 239 Å². The van der Waals surface area contributed by atoms with Crippen LogP contribution in [-0.4, -0.2) is 59.6 Å². The number of oxazole rings is 1. The summed E-state index contributed by atoms with van der Waals surface area (Å²) in [7, 11) is 0. The Morgan fingerprint density at radius 2 is 2.10 bits per heavy atom. The van der Waals surface area contributed by atoms with Crippen LogP contribution in [0.1, 0.15) is 54.7 Å². The summed E-state index contributed by atoms with van der Waals surface area (Å²) in [5.74, 6) is 0.605. The molecule has 41 heavy (non-hydrogen) atoms. The van der Waals surface area contributed by atoms with Crippen LogP contribution in [0.2, 0.25) is 0 Å². The summed E-state index contributed by atoms with van der Waals surface area (Å²) < 4.78 is 23.3. The third-order valence-corrected chi connectivity index (χ3v) is 7.18. The zero-order valence-electron chi connectivity index (χ0n) is 23.6. The van der Waals surface area contributed by atoms with E-state index in [4.69, 9.17) is 18.3 Å². The van der Waals surface area contributed by atoms with Gasteiger partial charge in [-0.25, -0.2) is 4.98 Å². The molecule has 1 N–H and O–H groups in total. The molecule has 10 nitrogen and oxygen atoms in total. The Morgan fingerprint density at radius 3 is 2.90 bits per heavy atom. The summed E-state index contributed by atoms with van der Waals surface area (Å²) in [6.45, 7) is 7.12. The molecule has 1 fully saturated rings. The third-order valence-electron chi connectivity index (χ3n) is 7.18. The number of nitrogens with zero attached hydrogens (tertiary/aromatic N) is 3. The minimum atomic E-state index is -0.323. The summed E-state index contributed by atoms with van der Waals surface area (Å²) in [6, 6.07) is 9.69. The number of benzene rings is 1. The number of hydrogen-bond donors (Lipinski definition) is 1. The van der Waals surface area contributed by atoms with Gasteiger partial charge in [-0.3, -0.25) is 14.6 Å². The molecule has 4 aromatic rings. The summed E-state index contributed by atoms with van der Waals surface area (Å²) in [4.78, 5) is 35.7. The Hall–Kier alpha value is -4.18. The van der Waals surface area contributed by atoms with E-state index in [0.717, 1.165) is 48.2 Å². The van der Waals surface area contributed by atoms with Crippen molar-refractivity contribution < 1.29 is 27.9 Å². The molecule has 4 heterocycles. The van der Waals surface area contributed by atoms with Gasteiger partial charge in [-0.2, -0.15) is 0 Å². The highest BCUT2D eigenvalue weighted by Gasteiger charge is 2.31. The number of esters is 1. The zero-order chi connectivity index (χ0) is 28.6. The monoisotopic (exact) mass is 560 g/mol. The van der Waals surface area contributed by atoms with Crippen molar-refractivity contribution >= 4 is 22.8 Å². The first-order valence-electron chi connectivity index (χ1n) is 14.3. The van der Waals surface area contributed by atoms with Crippen molar-refractivity contribution in [3.8, 4) is 17.4 Å². The van der Waals surface area contributed by atoms with Crippen LogP contribution in [0.5, 0.6) is 5.75 Å². The van der Waals surface area contributed by atoms with E-state index in [0.29, 0.717) is 50.5 Å². The molecule has 0 aliphatic carbocycles. The molecular weight excluding hydrogens is 524 g/mol. The number of aryl methyl sites for hydroxylation is 1. The van der Waals surface area contributed by atoms with Crippen LogP contribution < -0.4 is 10.1 Å². The molecule has 1 amide bonds. The van der Waals surface area contributed by atoms with Crippen molar-refractivity contribution in [2.75, 3.05) is 32.8 Å². The molecule has 0 spiro atoms. The number of piperidine rings is 1. The van der Waals surface area contributed by atoms with Crippen molar-refractivity contribution in [1.82, 2.24) is 20.2 Å². The number of ether oxygens (including phenoxy) is 2. The number of aromatic nitrogens is 2. The molecule has 5 rings (SSSR count). The van der Waals surface area contributed by atoms with Crippen LogP contribution in [-0.2, 0) is 22.5 Å². The largest absolute Gasteiger partial charge is 0.493 e. The number of rotatable bonds is 12. The van der Waals surface area contributed by atoms with Gasteiger partial charge in [0.1, 0.15) is 17.6 Å². The highest BCUT2D eigenvalue weighted by molar-refractivity contribution is 5.94. The lowest BCUT2D eigenvalue weighted by Gasteiger charge is -2.30. The van der Waals surface area contributed by atoms with E-state index in [9.17, 15) is 9.59 Å². The predicted molar refractivity (Wildman–Crippen MR) is 152 cm³/mol. The van der Waals surface area contributed by atoms with E-state index >= 15 is 0 Å². The number of hydrogen-bond acceptors (Lipinski definition) is 9. The van der Waals surface area contributed by atoms with Gasteiger partial charge >= 0.3 is 5.97 Å². The number of pyridine rings is 1. The quantitative estimate of drug-likeness (QED) is 0.188. The Bertz CT molecular complexity index is 1460. The number of likely N-dealkylation sites (tertiary alicyclic amines) is 1. The first kappa shape index (κ1) is 28.4. The topological polar surface area (TPSA) is 120 Å². The second kappa shape index (κ2) is 13.5. The van der Waals surface area contributed by atoms with Crippen LogP contribution in [0.25, 0.3) is 22.6 Å². The second-order valence-electron chi connectivity index (χ2n) is 10.0. The molecule has 1 unspecified atom stereocenters. The molecule has 1 aliphatic rings. The maximum atomic E-state index is 13.2. The van der Waals surface area contributed by atoms with Gasteiger partial charge in [0.25, 0.3) is 11.8 Å². The first-order chi connectivity index (χ1) is 20.1. The van der Waals surface area contributed by atoms with E-state index in [1.54, 1.807) is 18.0 Å². The normalized spacial score (nSPS) is 15.3. The fourth-order valence-electron chi connectivity index (χ4n) is 5.18. The maximum Gasteiger partial charge on any atom is 0.310 e. The molecule has 216 valence electrons. The highest BCUT2D eigenvalue weighted by atomic mass is 16.5. The van der Waals surface area contributed by atoms with E-state index in [1.165, 1.54) is 6.26 Å². The number of nitrogens with one attached hydrogen (secondary N) is 1. The van der Waals surface area contributed by atoms with Crippen LogP contribution in [0, 0.1) is 5.92 Å². The smallest absolute Gasteiger partial charge is 0.310 e. The lowest BCUT2D eigenvalue weighted by atomic mass is 9.98. The lowest BCUT2D eigenvalue weighted by Crippen LogP contribution is -2.42. The fraction of sp³-hybridized carbons (Fsp3) is 0.419. The zero-order valence-corrected chi connectivity index (χ0v) is 23.6. The molecule has 1 aromatic carbocycles. The Balaban J connectivity index is 1.25. The predicted octanol–water partition coefficient (Wildman–Crippen LogP) is 5.02. The SMILES string of the molecule is CCOC(=O)C1CCCN(C(=O)c2coc(-c3oc4cccc(OCCCNCc5cccnc5)c4c3CC)n2)C1. The first-order valence-corrected chi connectivity index (χ1v) is 14.3. The van der Waals surface area contributed by atoms with Crippen molar-refractivity contribution in [3.63, 3.8) is 0 Å². The third kappa shape index (κ3) is 6.59. The summed E-state index contributed by atoms with van der Waals surface area (Å²) in [6.07, 6.45) is 7.91. The number of furan rings is 1. The molecule has 3 aromatic heterocycles. The van der Waals surface area contributed by atoms with Gasteiger partial charge in [0.05, 0.1) is 24.5 Å².